The number of rotatable bonds is 3. The van der Waals surface area contributed by atoms with Gasteiger partial charge < -0.3 is 9.13 Å². The summed E-state index contributed by atoms with van der Waals surface area (Å²) in [5.74, 6) is 0. The Hall–Kier alpha value is -4.82. The fraction of sp³-hybridized carbons (Fsp3) is 0.0556. The lowest BCUT2D eigenvalue weighted by molar-refractivity contribution is 0.648. The van der Waals surface area contributed by atoms with Gasteiger partial charge >= 0.3 is 0 Å². The van der Waals surface area contributed by atoms with Crippen LogP contribution in [0.4, 0.5) is 0 Å². The second-order valence-electron chi connectivity index (χ2n) is 10.2. The maximum Gasteiger partial charge on any atom is 0.0560 e. The molecule has 0 saturated heterocycles. The molecule has 2 heterocycles. The van der Waals surface area contributed by atoms with Crippen molar-refractivity contribution < 1.29 is 0 Å². The van der Waals surface area contributed by atoms with E-state index in [1.165, 1.54) is 60.4 Å². The van der Waals surface area contributed by atoms with Gasteiger partial charge in [-0.3, -0.25) is 0 Å². The average molecular weight is 487 g/mol. The molecule has 8 rings (SSSR count). The van der Waals surface area contributed by atoms with E-state index in [0.29, 0.717) is 6.04 Å². The molecule has 1 unspecified atom stereocenters. The quantitative estimate of drug-likeness (QED) is 0.235. The van der Waals surface area contributed by atoms with Crippen molar-refractivity contribution >= 4 is 43.6 Å². The third kappa shape index (κ3) is 3.13. The van der Waals surface area contributed by atoms with Crippen LogP contribution in [-0.4, -0.2) is 9.13 Å². The molecule has 5 aromatic carbocycles. The van der Waals surface area contributed by atoms with Crippen LogP contribution in [0.2, 0.25) is 0 Å². The molecule has 0 fully saturated rings. The fourth-order valence-corrected chi connectivity index (χ4v) is 6.31. The first-order chi connectivity index (χ1) is 18.9. The van der Waals surface area contributed by atoms with Crippen molar-refractivity contribution in [3.63, 3.8) is 0 Å². The topological polar surface area (TPSA) is 9.86 Å². The van der Waals surface area contributed by atoms with Crippen molar-refractivity contribution in [2.45, 2.75) is 12.5 Å². The number of benzene rings is 5. The summed E-state index contributed by atoms with van der Waals surface area (Å²) in [5, 5.41) is 5.19. The molecule has 38 heavy (non-hydrogen) atoms. The van der Waals surface area contributed by atoms with Crippen molar-refractivity contribution in [2.24, 2.45) is 0 Å². The Kier molecular flexibility index (Phi) is 4.68. The zero-order valence-corrected chi connectivity index (χ0v) is 21.0. The van der Waals surface area contributed by atoms with Crippen LogP contribution < -0.4 is 0 Å². The lowest BCUT2D eigenvalue weighted by Gasteiger charge is -2.18. The molecule has 0 spiro atoms. The highest BCUT2D eigenvalue weighted by molar-refractivity contribution is 6.12. The van der Waals surface area contributed by atoms with Crippen LogP contribution in [-0.2, 0) is 0 Å². The summed E-state index contributed by atoms with van der Waals surface area (Å²) < 4.78 is 4.88. The van der Waals surface area contributed by atoms with Crippen LogP contribution in [0.5, 0.6) is 0 Å². The number of para-hydroxylation sites is 3. The van der Waals surface area contributed by atoms with E-state index in [-0.39, 0.29) is 0 Å². The number of aromatic nitrogens is 2. The summed E-state index contributed by atoms with van der Waals surface area (Å²) in [4.78, 5) is 0. The maximum absolute atomic E-state index is 2.51. The smallest absolute Gasteiger partial charge is 0.0560 e. The van der Waals surface area contributed by atoms with Gasteiger partial charge in [-0.25, -0.2) is 0 Å². The second-order valence-corrected chi connectivity index (χ2v) is 10.2. The molecule has 180 valence electrons. The highest BCUT2D eigenvalue weighted by Crippen LogP contribution is 2.38. The third-order valence-corrected chi connectivity index (χ3v) is 8.02. The summed E-state index contributed by atoms with van der Waals surface area (Å²) in [6.45, 7) is 0. The molecule has 0 N–H and O–H groups in total. The Balaban J connectivity index is 1.34. The van der Waals surface area contributed by atoms with Gasteiger partial charge in [-0.2, -0.15) is 0 Å². The molecular formula is C36H26N2. The molecule has 0 radical (unpaired) electrons. The maximum atomic E-state index is 2.51. The molecule has 2 aromatic heterocycles. The van der Waals surface area contributed by atoms with Gasteiger partial charge in [0.2, 0.25) is 0 Å². The molecule has 1 atom stereocenters. The normalized spacial score (nSPS) is 15.3. The summed E-state index contributed by atoms with van der Waals surface area (Å²) in [6, 6.07) is 42.4. The van der Waals surface area contributed by atoms with E-state index in [9.17, 15) is 0 Å². The minimum absolute atomic E-state index is 0.341. The van der Waals surface area contributed by atoms with Crippen molar-refractivity contribution in [1.29, 1.82) is 0 Å². The predicted molar refractivity (Wildman–Crippen MR) is 161 cm³/mol. The lowest BCUT2D eigenvalue weighted by Crippen LogP contribution is -2.06. The van der Waals surface area contributed by atoms with Gasteiger partial charge in [0.15, 0.2) is 0 Å². The highest BCUT2D eigenvalue weighted by Gasteiger charge is 2.18. The van der Waals surface area contributed by atoms with E-state index in [2.05, 4.69) is 149 Å². The van der Waals surface area contributed by atoms with Crippen LogP contribution in [0, 0.1) is 0 Å². The number of hydrogen-bond acceptors (Lipinski definition) is 0. The zero-order chi connectivity index (χ0) is 25.1. The van der Waals surface area contributed by atoms with E-state index in [4.69, 9.17) is 0 Å². The van der Waals surface area contributed by atoms with E-state index in [0.717, 1.165) is 6.42 Å². The highest BCUT2D eigenvalue weighted by atomic mass is 15.0. The number of hydrogen-bond donors (Lipinski definition) is 0. The van der Waals surface area contributed by atoms with Gasteiger partial charge in [0.25, 0.3) is 0 Å². The first-order valence-corrected chi connectivity index (χ1v) is 13.3. The zero-order valence-electron chi connectivity index (χ0n) is 21.0. The molecular weight excluding hydrogens is 460 g/mol. The molecule has 1 aliphatic carbocycles. The van der Waals surface area contributed by atoms with E-state index in [1.807, 2.05) is 0 Å². The molecule has 2 nitrogen and oxygen atoms in total. The van der Waals surface area contributed by atoms with Crippen molar-refractivity contribution in [1.82, 2.24) is 9.13 Å². The largest absolute Gasteiger partial charge is 0.333 e. The minimum atomic E-state index is 0.341. The molecule has 1 aliphatic rings. The number of fused-ring (bicyclic) bond motifs is 6. The second kappa shape index (κ2) is 8.36. The van der Waals surface area contributed by atoms with Crippen LogP contribution in [0.25, 0.3) is 60.4 Å². The standard InChI is InChI=1S/C36H26N2/c1-3-11-27(12-4-1)37-33-17-9-7-15-29(33)31-23-25(19-21-35(31)37)26-20-22-36-32(24-26)30-16-8-10-18-34(30)38(36)28-13-5-2-6-14-28/h1-13,15-24,28H,14H2. The third-order valence-electron chi connectivity index (χ3n) is 8.02. The SMILES string of the molecule is C1=CCC(n2c3ccccc3c3cc(-c4ccc5c(c4)c4ccccc4n5-c4ccccc4)ccc32)C=C1. The van der Waals surface area contributed by atoms with Crippen LogP contribution in [0.15, 0.2) is 140 Å². The van der Waals surface area contributed by atoms with Crippen molar-refractivity contribution in [3.8, 4) is 16.8 Å². The Morgan fingerprint density at radius 1 is 0.500 bits per heavy atom. The molecule has 7 aromatic rings. The monoisotopic (exact) mass is 486 g/mol. The lowest BCUT2D eigenvalue weighted by atomic mass is 10.0. The van der Waals surface area contributed by atoms with Gasteiger partial charge in [-0.1, -0.05) is 91.0 Å². The molecule has 0 amide bonds. The van der Waals surface area contributed by atoms with Gasteiger partial charge in [0, 0.05) is 38.3 Å². The van der Waals surface area contributed by atoms with Gasteiger partial charge in [0.05, 0.1) is 17.1 Å². The molecule has 0 bridgehead atoms. The first kappa shape index (κ1) is 21.3. The Morgan fingerprint density at radius 3 is 1.82 bits per heavy atom. The van der Waals surface area contributed by atoms with Crippen molar-refractivity contribution in [2.75, 3.05) is 0 Å². The predicted octanol–water partition coefficient (Wildman–Crippen LogP) is 9.62. The van der Waals surface area contributed by atoms with Crippen LogP contribution in [0.1, 0.15) is 12.5 Å². The van der Waals surface area contributed by atoms with Gasteiger partial charge in [0.1, 0.15) is 0 Å². The van der Waals surface area contributed by atoms with Crippen molar-refractivity contribution in [3.05, 3.63) is 140 Å². The Labute approximate surface area is 221 Å². The van der Waals surface area contributed by atoms with E-state index >= 15 is 0 Å². The van der Waals surface area contributed by atoms with Gasteiger partial charge in [-0.05, 0) is 66.1 Å². The fourth-order valence-electron chi connectivity index (χ4n) is 6.31. The van der Waals surface area contributed by atoms with Crippen LogP contribution >= 0.6 is 0 Å². The summed E-state index contributed by atoms with van der Waals surface area (Å²) >= 11 is 0. The average Bonchev–Trinajstić information content (AvgIpc) is 3.50. The van der Waals surface area contributed by atoms with Crippen LogP contribution in [0.3, 0.4) is 0 Å². The summed E-state index contributed by atoms with van der Waals surface area (Å²) in [6.07, 6.45) is 9.92. The molecule has 0 saturated carbocycles. The Morgan fingerprint density at radius 2 is 1.08 bits per heavy atom. The van der Waals surface area contributed by atoms with E-state index in [1.54, 1.807) is 0 Å². The summed E-state index contributed by atoms with van der Waals surface area (Å²) in [7, 11) is 0. The number of allylic oxidation sites excluding steroid dienone is 4. The first-order valence-electron chi connectivity index (χ1n) is 13.3. The number of nitrogens with zero attached hydrogens (tertiary/aromatic N) is 2. The van der Waals surface area contributed by atoms with Gasteiger partial charge in [-0.15, -0.1) is 0 Å². The minimum Gasteiger partial charge on any atom is -0.333 e. The molecule has 2 heteroatoms. The molecule has 0 aliphatic heterocycles. The van der Waals surface area contributed by atoms with E-state index < -0.39 is 0 Å². The summed E-state index contributed by atoms with van der Waals surface area (Å²) in [5.41, 5.74) is 8.74. The Bertz CT molecular complexity index is 2050.